The van der Waals surface area contributed by atoms with Gasteiger partial charge in [-0.1, -0.05) is 57.0 Å². The summed E-state index contributed by atoms with van der Waals surface area (Å²) in [6.07, 6.45) is 5.32. The highest BCUT2D eigenvalue weighted by molar-refractivity contribution is 7.99. The first-order valence-corrected chi connectivity index (χ1v) is 11.3. The van der Waals surface area contributed by atoms with Gasteiger partial charge in [0.25, 0.3) is 0 Å². The number of imide groups is 1. The topological polar surface area (TPSA) is 88.9 Å². The van der Waals surface area contributed by atoms with E-state index >= 15 is 0 Å². The molecule has 3 rings (SSSR count). The maximum absolute atomic E-state index is 14.4. The molecule has 1 aromatic heterocycles. The second-order valence-corrected chi connectivity index (χ2v) is 8.83. The molecular weight excluding hydrogens is 405 g/mol. The van der Waals surface area contributed by atoms with Crippen molar-refractivity contribution in [2.75, 3.05) is 12.3 Å². The third-order valence-corrected chi connectivity index (χ3v) is 5.92. The molecule has 1 heterocycles. The zero-order valence-electron chi connectivity index (χ0n) is 17.4. The number of hydrogen-bond donors (Lipinski definition) is 2. The molecule has 0 saturated heterocycles. The van der Waals surface area contributed by atoms with Gasteiger partial charge >= 0.3 is 6.03 Å². The standard InChI is InChI=1S/C21H28FN5O2S/c1-14(2)12-23-20(29)24-18(28)13-30-21-26-25-19(16-10-6-7-11-17(16)22)27(21)15-8-4-3-5-9-15/h6-7,10-11,14-15H,3-5,8-9,12-13H2,1-2H3,(H2,23,24,28,29). The number of rotatable bonds is 7. The second kappa shape index (κ2) is 10.6. The number of aromatic nitrogens is 3. The van der Waals surface area contributed by atoms with Crippen molar-refractivity contribution >= 4 is 23.7 Å². The van der Waals surface area contributed by atoms with Crippen molar-refractivity contribution < 1.29 is 14.0 Å². The SMILES string of the molecule is CC(C)CNC(=O)NC(=O)CSc1nnc(-c2ccccc2F)n1C1CCCCC1. The molecule has 162 valence electrons. The number of nitrogens with zero attached hydrogens (tertiary/aromatic N) is 3. The third kappa shape index (κ3) is 5.81. The molecule has 1 aliphatic rings. The minimum Gasteiger partial charge on any atom is -0.338 e. The molecule has 0 spiro atoms. The average Bonchev–Trinajstić information content (AvgIpc) is 3.15. The zero-order chi connectivity index (χ0) is 21.5. The molecule has 2 N–H and O–H groups in total. The maximum atomic E-state index is 14.4. The summed E-state index contributed by atoms with van der Waals surface area (Å²) in [5.74, 6) is 0.0469. The van der Waals surface area contributed by atoms with E-state index in [0.717, 1.165) is 25.7 Å². The van der Waals surface area contributed by atoms with Crippen LogP contribution >= 0.6 is 11.8 Å². The summed E-state index contributed by atoms with van der Waals surface area (Å²) in [4.78, 5) is 24.0. The van der Waals surface area contributed by atoms with E-state index in [9.17, 15) is 14.0 Å². The Labute approximate surface area is 180 Å². The van der Waals surface area contributed by atoms with Gasteiger partial charge in [-0.25, -0.2) is 9.18 Å². The molecule has 9 heteroatoms. The number of carbonyl (C=O) groups is 2. The molecular formula is C21H28FN5O2S. The highest BCUT2D eigenvalue weighted by atomic mass is 32.2. The van der Waals surface area contributed by atoms with Crippen molar-refractivity contribution in [1.29, 1.82) is 0 Å². The second-order valence-electron chi connectivity index (χ2n) is 7.89. The highest BCUT2D eigenvalue weighted by Gasteiger charge is 2.25. The van der Waals surface area contributed by atoms with Gasteiger partial charge in [-0.05, 0) is 30.9 Å². The van der Waals surface area contributed by atoms with Gasteiger partial charge in [-0.3, -0.25) is 14.7 Å². The van der Waals surface area contributed by atoms with Crippen LogP contribution in [-0.4, -0.2) is 39.0 Å². The lowest BCUT2D eigenvalue weighted by Crippen LogP contribution is -2.41. The van der Waals surface area contributed by atoms with Crippen LogP contribution in [0.2, 0.25) is 0 Å². The smallest absolute Gasteiger partial charge is 0.321 e. The monoisotopic (exact) mass is 433 g/mol. The van der Waals surface area contributed by atoms with Crippen LogP contribution in [0.4, 0.5) is 9.18 Å². The van der Waals surface area contributed by atoms with E-state index in [4.69, 9.17) is 0 Å². The summed E-state index contributed by atoms with van der Waals surface area (Å²) in [5.41, 5.74) is 0.403. The minimum absolute atomic E-state index is 0.0250. The molecule has 30 heavy (non-hydrogen) atoms. The van der Waals surface area contributed by atoms with Gasteiger partial charge in [-0.2, -0.15) is 0 Å². The van der Waals surface area contributed by atoms with E-state index < -0.39 is 11.9 Å². The van der Waals surface area contributed by atoms with Gasteiger partial charge in [-0.15, -0.1) is 10.2 Å². The first kappa shape index (κ1) is 22.3. The maximum Gasteiger partial charge on any atom is 0.321 e. The van der Waals surface area contributed by atoms with Crippen LogP contribution in [0.5, 0.6) is 0 Å². The lowest BCUT2D eigenvalue weighted by atomic mass is 9.95. The van der Waals surface area contributed by atoms with Crippen LogP contribution in [-0.2, 0) is 4.79 Å². The summed E-state index contributed by atoms with van der Waals surface area (Å²) < 4.78 is 16.4. The summed E-state index contributed by atoms with van der Waals surface area (Å²) in [5, 5.41) is 14.0. The Kier molecular flexibility index (Phi) is 7.84. The van der Waals surface area contributed by atoms with Crippen LogP contribution in [0.3, 0.4) is 0 Å². The molecule has 0 radical (unpaired) electrons. The first-order chi connectivity index (χ1) is 14.5. The molecule has 0 aliphatic heterocycles. The predicted molar refractivity (Wildman–Crippen MR) is 115 cm³/mol. The minimum atomic E-state index is -0.505. The highest BCUT2D eigenvalue weighted by Crippen LogP contribution is 2.36. The number of urea groups is 1. The van der Waals surface area contributed by atoms with Gasteiger partial charge in [0.15, 0.2) is 11.0 Å². The normalized spacial score (nSPS) is 14.7. The molecule has 0 atom stereocenters. The van der Waals surface area contributed by atoms with Crippen molar-refractivity contribution in [2.45, 2.75) is 57.1 Å². The number of amides is 3. The molecule has 0 unspecified atom stereocenters. The molecule has 2 aromatic rings. The van der Waals surface area contributed by atoms with Crippen molar-refractivity contribution in [3.63, 3.8) is 0 Å². The summed E-state index contributed by atoms with van der Waals surface area (Å²) >= 11 is 1.21. The third-order valence-electron chi connectivity index (χ3n) is 4.98. The summed E-state index contributed by atoms with van der Waals surface area (Å²) in [7, 11) is 0. The molecule has 1 aliphatic carbocycles. The van der Waals surface area contributed by atoms with E-state index in [0.29, 0.717) is 29.0 Å². The van der Waals surface area contributed by atoms with Crippen LogP contribution in [0, 0.1) is 11.7 Å². The van der Waals surface area contributed by atoms with Crippen LogP contribution < -0.4 is 10.6 Å². The Bertz CT molecular complexity index is 880. The van der Waals surface area contributed by atoms with E-state index in [-0.39, 0.29) is 17.6 Å². The fourth-order valence-electron chi connectivity index (χ4n) is 3.50. The lowest BCUT2D eigenvalue weighted by Gasteiger charge is -2.25. The predicted octanol–water partition coefficient (Wildman–Crippen LogP) is 4.16. The van der Waals surface area contributed by atoms with Crippen LogP contribution in [0.15, 0.2) is 29.4 Å². The van der Waals surface area contributed by atoms with Crippen molar-refractivity contribution in [2.24, 2.45) is 5.92 Å². The van der Waals surface area contributed by atoms with Crippen molar-refractivity contribution in [3.05, 3.63) is 30.1 Å². The van der Waals surface area contributed by atoms with Crippen molar-refractivity contribution in [3.8, 4) is 11.4 Å². The van der Waals surface area contributed by atoms with Gasteiger partial charge < -0.3 is 5.32 Å². The van der Waals surface area contributed by atoms with Gasteiger partial charge in [0.2, 0.25) is 5.91 Å². The number of hydrogen-bond acceptors (Lipinski definition) is 5. The van der Waals surface area contributed by atoms with Gasteiger partial charge in [0.1, 0.15) is 5.82 Å². The largest absolute Gasteiger partial charge is 0.338 e. The molecule has 7 nitrogen and oxygen atoms in total. The van der Waals surface area contributed by atoms with E-state index in [1.807, 2.05) is 18.4 Å². The fraction of sp³-hybridized carbons (Fsp3) is 0.524. The molecule has 1 aromatic carbocycles. The number of nitrogens with one attached hydrogen (secondary N) is 2. The average molecular weight is 434 g/mol. The van der Waals surface area contributed by atoms with Gasteiger partial charge in [0, 0.05) is 12.6 Å². The Hall–Kier alpha value is -2.42. The van der Waals surface area contributed by atoms with Crippen LogP contribution in [0.1, 0.15) is 52.0 Å². The molecule has 1 saturated carbocycles. The quantitative estimate of drug-likeness (QED) is 0.640. The Balaban J connectivity index is 1.74. The van der Waals surface area contributed by atoms with E-state index in [1.54, 1.807) is 18.2 Å². The summed E-state index contributed by atoms with van der Waals surface area (Å²) in [6, 6.07) is 6.18. The number of halogens is 1. The van der Waals surface area contributed by atoms with Crippen molar-refractivity contribution in [1.82, 2.24) is 25.4 Å². The van der Waals surface area contributed by atoms with Crippen LogP contribution in [0.25, 0.3) is 11.4 Å². The zero-order valence-corrected chi connectivity index (χ0v) is 18.2. The molecule has 1 fully saturated rings. The number of thioether (sulfide) groups is 1. The fourth-order valence-corrected chi connectivity index (χ4v) is 4.31. The Morgan fingerprint density at radius 3 is 2.63 bits per heavy atom. The number of benzene rings is 1. The lowest BCUT2D eigenvalue weighted by molar-refractivity contribution is -0.117. The molecule has 0 bridgehead atoms. The summed E-state index contributed by atoms with van der Waals surface area (Å²) in [6.45, 7) is 4.45. The van der Waals surface area contributed by atoms with Gasteiger partial charge in [0.05, 0.1) is 11.3 Å². The van der Waals surface area contributed by atoms with E-state index in [2.05, 4.69) is 20.8 Å². The number of carbonyl (C=O) groups excluding carboxylic acids is 2. The Morgan fingerprint density at radius 2 is 1.93 bits per heavy atom. The first-order valence-electron chi connectivity index (χ1n) is 10.4. The van der Waals surface area contributed by atoms with E-state index in [1.165, 1.54) is 24.2 Å². The Morgan fingerprint density at radius 1 is 1.20 bits per heavy atom. The molecule has 3 amide bonds.